The molecule has 0 saturated heterocycles. The Hall–Kier alpha value is -1.45. The summed E-state index contributed by atoms with van der Waals surface area (Å²) in [7, 11) is 3.04. The number of hydrogen-bond donors (Lipinski definition) is 1. The molecule has 0 radical (unpaired) electrons. The number of ether oxygens (including phenoxy) is 2. The summed E-state index contributed by atoms with van der Waals surface area (Å²) in [4.78, 5) is 4.19. The zero-order chi connectivity index (χ0) is 11.1. The lowest BCUT2D eigenvalue weighted by atomic mass is 10.1. The van der Waals surface area contributed by atoms with Crippen LogP contribution in [0.3, 0.4) is 0 Å². The summed E-state index contributed by atoms with van der Waals surface area (Å²) in [5, 5.41) is 0. The molecular formula is C10H18N2O2. The molecule has 0 amide bonds. The van der Waals surface area contributed by atoms with Crippen LogP contribution in [-0.2, 0) is 9.47 Å². The van der Waals surface area contributed by atoms with Gasteiger partial charge in [-0.05, 0) is 6.08 Å². The molecule has 0 heterocycles. The molecular weight excluding hydrogens is 180 g/mol. The standard InChI is InChI=1S/C10H18N2O2/c1-6-8(13-4)12-9(7(2)3)10(11)14-5/h6-7H,1,11H2,2-5H3/b10-9+,12-8+. The molecule has 0 spiro atoms. The first kappa shape index (κ1) is 12.6. The molecule has 0 aromatic heterocycles. The lowest BCUT2D eigenvalue weighted by Crippen LogP contribution is -2.09. The van der Waals surface area contributed by atoms with E-state index in [1.165, 1.54) is 20.3 Å². The van der Waals surface area contributed by atoms with Crippen LogP contribution in [0.25, 0.3) is 0 Å². The van der Waals surface area contributed by atoms with E-state index in [4.69, 9.17) is 15.2 Å². The van der Waals surface area contributed by atoms with Gasteiger partial charge in [-0.15, -0.1) is 0 Å². The summed E-state index contributed by atoms with van der Waals surface area (Å²) in [5.41, 5.74) is 6.29. The first-order chi connectivity index (χ1) is 6.56. The minimum Gasteiger partial charge on any atom is -0.481 e. The van der Waals surface area contributed by atoms with Crippen LogP contribution in [0.2, 0.25) is 0 Å². The number of nitrogens with zero attached hydrogens (tertiary/aromatic N) is 1. The summed E-state index contributed by atoms with van der Waals surface area (Å²) in [6.07, 6.45) is 1.52. The highest BCUT2D eigenvalue weighted by Gasteiger charge is 2.09. The smallest absolute Gasteiger partial charge is 0.212 e. The average Bonchev–Trinajstić information content (AvgIpc) is 2.18. The zero-order valence-electron chi connectivity index (χ0n) is 9.20. The van der Waals surface area contributed by atoms with Crippen molar-refractivity contribution in [3.8, 4) is 0 Å². The summed E-state index contributed by atoms with van der Waals surface area (Å²) in [6.45, 7) is 7.52. The van der Waals surface area contributed by atoms with Gasteiger partial charge in [0.05, 0.1) is 14.2 Å². The molecule has 0 aromatic carbocycles. The van der Waals surface area contributed by atoms with Crippen molar-refractivity contribution >= 4 is 5.90 Å². The molecule has 14 heavy (non-hydrogen) atoms. The maximum atomic E-state index is 5.64. The molecule has 0 aliphatic rings. The van der Waals surface area contributed by atoms with Crippen LogP contribution < -0.4 is 5.73 Å². The highest BCUT2D eigenvalue weighted by Crippen LogP contribution is 2.14. The van der Waals surface area contributed by atoms with Crippen molar-refractivity contribution in [1.29, 1.82) is 0 Å². The van der Waals surface area contributed by atoms with E-state index >= 15 is 0 Å². The number of rotatable bonds is 4. The van der Waals surface area contributed by atoms with Crippen molar-refractivity contribution in [2.45, 2.75) is 13.8 Å². The fourth-order valence-electron chi connectivity index (χ4n) is 0.867. The molecule has 0 fully saturated rings. The van der Waals surface area contributed by atoms with Crippen LogP contribution in [0.1, 0.15) is 13.8 Å². The van der Waals surface area contributed by atoms with Gasteiger partial charge in [-0.3, -0.25) is 0 Å². The molecule has 80 valence electrons. The van der Waals surface area contributed by atoms with Crippen LogP contribution in [0, 0.1) is 5.92 Å². The quantitative estimate of drug-likeness (QED) is 0.424. The third-order valence-corrected chi connectivity index (χ3v) is 1.63. The molecule has 2 N–H and O–H groups in total. The third kappa shape index (κ3) is 3.51. The van der Waals surface area contributed by atoms with Gasteiger partial charge in [0.15, 0.2) is 0 Å². The minimum absolute atomic E-state index is 0.167. The van der Waals surface area contributed by atoms with E-state index in [9.17, 15) is 0 Å². The van der Waals surface area contributed by atoms with Gasteiger partial charge in [0.25, 0.3) is 0 Å². The second kappa shape index (κ2) is 6.07. The largest absolute Gasteiger partial charge is 0.481 e. The van der Waals surface area contributed by atoms with Crippen molar-refractivity contribution in [3.05, 3.63) is 24.2 Å². The Bertz CT molecular complexity index is 255. The summed E-state index contributed by atoms with van der Waals surface area (Å²) in [5.74, 6) is 0.894. The average molecular weight is 198 g/mol. The number of methoxy groups -OCH3 is 2. The van der Waals surface area contributed by atoms with Crippen LogP contribution >= 0.6 is 0 Å². The first-order valence-corrected chi connectivity index (χ1v) is 4.35. The third-order valence-electron chi connectivity index (χ3n) is 1.63. The Kier molecular flexibility index (Phi) is 5.44. The molecule has 0 bridgehead atoms. The molecule has 0 unspecified atom stereocenters. The monoisotopic (exact) mass is 198 g/mol. The lowest BCUT2D eigenvalue weighted by molar-refractivity contribution is 0.277. The van der Waals surface area contributed by atoms with Gasteiger partial charge < -0.3 is 15.2 Å². The van der Waals surface area contributed by atoms with Gasteiger partial charge in [0.1, 0.15) is 5.70 Å². The van der Waals surface area contributed by atoms with Crippen LogP contribution in [0.15, 0.2) is 29.2 Å². The van der Waals surface area contributed by atoms with E-state index in [-0.39, 0.29) is 5.92 Å². The van der Waals surface area contributed by atoms with Gasteiger partial charge in [-0.2, -0.15) is 0 Å². The van der Waals surface area contributed by atoms with Crippen molar-refractivity contribution in [2.24, 2.45) is 16.6 Å². The van der Waals surface area contributed by atoms with E-state index in [1.54, 1.807) is 0 Å². The number of aliphatic imine (C=N–C) groups is 1. The maximum Gasteiger partial charge on any atom is 0.212 e. The Morgan fingerprint density at radius 1 is 1.36 bits per heavy atom. The SMILES string of the molecule is C=C/C(=N\C(=C(/N)OC)C(C)C)OC. The molecule has 0 aliphatic heterocycles. The van der Waals surface area contributed by atoms with Gasteiger partial charge in [0, 0.05) is 5.92 Å². The number of nitrogens with two attached hydrogens (primary N) is 1. The van der Waals surface area contributed by atoms with E-state index in [0.717, 1.165) is 0 Å². The van der Waals surface area contributed by atoms with Crippen molar-refractivity contribution in [3.63, 3.8) is 0 Å². The van der Waals surface area contributed by atoms with E-state index in [0.29, 0.717) is 17.5 Å². The van der Waals surface area contributed by atoms with Crippen molar-refractivity contribution < 1.29 is 9.47 Å². The zero-order valence-corrected chi connectivity index (χ0v) is 9.20. The minimum atomic E-state index is 0.167. The van der Waals surface area contributed by atoms with Crippen LogP contribution in [0.5, 0.6) is 0 Å². The highest BCUT2D eigenvalue weighted by atomic mass is 16.5. The van der Waals surface area contributed by atoms with Gasteiger partial charge in [-0.1, -0.05) is 20.4 Å². The number of allylic oxidation sites excluding steroid dienone is 1. The predicted molar refractivity (Wildman–Crippen MR) is 57.7 cm³/mol. The Morgan fingerprint density at radius 2 is 1.93 bits per heavy atom. The van der Waals surface area contributed by atoms with Gasteiger partial charge in [0.2, 0.25) is 11.8 Å². The summed E-state index contributed by atoms with van der Waals surface area (Å²) in [6, 6.07) is 0. The van der Waals surface area contributed by atoms with Crippen LogP contribution in [-0.4, -0.2) is 20.1 Å². The lowest BCUT2D eigenvalue weighted by Gasteiger charge is -2.10. The van der Waals surface area contributed by atoms with E-state index < -0.39 is 0 Å². The highest BCUT2D eigenvalue weighted by molar-refractivity contribution is 5.87. The Balaban J connectivity index is 5.04. The van der Waals surface area contributed by atoms with E-state index in [1.807, 2.05) is 13.8 Å². The fourth-order valence-corrected chi connectivity index (χ4v) is 0.867. The molecule has 0 aliphatic carbocycles. The topological polar surface area (TPSA) is 56.8 Å². The van der Waals surface area contributed by atoms with Gasteiger partial charge in [-0.25, -0.2) is 4.99 Å². The molecule has 4 nitrogen and oxygen atoms in total. The normalized spacial score (nSPS) is 13.6. The Labute approximate surface area is 85.1 Å². The predicted octanol–water partition coefficient (Wildman–Crippen LogP) is 1.65. The second-order valence-corrected chi connectivity index (χ2v) is 2.97. The summed E-state index contributed by atoms with van der Waals surface area (Å²) >= 11 is 0. The maximum absolute atomic E-state index is 5.64. The molecule has 0 aromatic rings. The molecule has 4 heteroatoms. The summed E-state index contributed by atoms with van der Waals surface area (Å²) < 4.78 is 9.89. The number of hydrogen-bond acceptors (Lipinski definition) is 4. The van der Waals surface area contributed by atoms with Gasteiger partial charge >= 0.3 is 0 Å². The molecule has 0 rings (SSSR count). The molecule has 0 atom stereocenters. The molecule has 0 saturated carbocycles. The van der Waals surface area contributed by atoms with Crippen molar-refractivity contribution in [1.82, 2.24) is 0 Å². The first-order valence-electron chi connectivity index (χ1n) is 4.35. The Morgan fingerprint density at radius 3 is 2.21 bits per heavy atom. The van der Waals surface area contributed by atoms with E-state index in [2.05, 4.69) is 11.6 Å². The fraction of sp³-hybridized carbons (Fsp3) is 0.500. The van der Waals surface area contributed by atoms with Crippen molar-refractivity contribution in [2.75, 3.05) is 14.2 Å². The van der Waals surface area contributed by atoms with Crippen LogP contribution in [0.4, 0.5) is 0 Å². The second-order valence-electron chi connectivity index (χ2n) is 2.97.